The highest BCUT2D eigenvalue weighted by atomic mass is 16.5. The highest BCUT2D eigenvalue weighted by Crippen LogP contribution is 2.32. The van der Waals surface area contributed by atoms with Crippen molar-refractivity contribution in [1.29, 1.82) is 0 Å². The predicted molar refractivity (Wildman–Crippen MR) is 149 cm³/mol. The van der Waals surface area contributed by atoms with Crippen molar-refractivity contribution in [3.63, 3.8) is 0 Å². The number of rotatable bonds is 10. The zero-order valence-corrected chi connectivity index (χ0v) is 22.5. The fourth-order valence-corrected chi connectivity index (χ4v) is 4.32. The molecule has 0 aliphatic carbocycles. The second-order valence-corrected chi connectivity index (χ2v) is 9.85. The van der Waals surface area contributed by atoms with Crippen LogP contribution in [0.1, 0.15) is 57.5 Å². The number of carbonyl (C=O) groups is 2. The van der Waals surface area contributed by atoms with E-state index in [1.54, 1.807) is 37.5 Å². The van der Waals surface area contributed by atoms with E-state index in [-0.39, 0.29) is 35.7 Å². The van der Waals surface area contributed by atoms with Gasteiger partial charge in [0.2, 0.25) is 0 Å². The molecule has 0 atom stereocenters. The number of benzene rings is 2. The van der Waals surface area contributed by atoms with Crippen molar-refractivity contribution in [3.8, 4) is 5.75 Å². The number of ether oxygens (including phenoxy) is 1. The average molecular weight is 539 g/mol. The minimum Gasteiger partial charge on any atom is -0.486 e. The second kappa shape index (κ2) is 11.4. The molecule has 40 heavy (non-hydrogen) atoms. The number of aryl methyl sites for hydroxylation is 1. The second-order valence-electron chi connectivity index (χ2n) is 9.85. The van der Waals surface area contributed by atoms with Gasteiger partial charge in [0.05, 0.1) is 18.5 Å². The highest BCUT2D eigenvalue weighted by Gasteiger charge is 2.23. The number of furan rings is 2. The third-order valence-electron chi connectivity index (χ3n) is 6.63. The Morgan fingerprint density at radius 2 is 1.65 bits per heavy atom. The van der Waals surface area contributed by atoms with Crippen LogP contribution in [0.5, 0.6) is 5.75 Å². The summed E-state index contributed by atoms with van der Waals surface area (Å²) in [5.41, 5.74) is 2.61. The van der Waals surface area contributed by atoms with Gasteiger partial charge in [0.15, 0.2) is 11.5 Å². The molecule has 0 aliphatic heterocycles. The van der Waals surface area contributed by atoms with E-state index in [4.69, 9.17) is 13.6 Å². The molecule has 2 amide bonds. The Morgan fingerprint density at radius 1 is 0.900 bits per heavy atom. The number of aromatic nitrogens is 2. The first-order chi connectivity index (χ1) is 19.3. The summed E-state index contributed by atoms with van der Waals surface area (Å²) in [6.07, 6.45) is 3.08. The normalized spacial score (nSPS) is 11.3. The van der Waals surface area contributed by atoms with Gasteiger partial charge in [0.1, 0.15) is 23.9 Å². The average Bonchev–Trinajstić information content (AvgIpc) is 3.73. The van der Waals surface area contributed by atoms with Gasteiger partial charge in [-0.1, -0.05) is 56.3 Å². The molecule has 2 aromatic carbocycles. The van der Waals surface area contributed by atoms with E-state index in [1.807, 2.05) is 30.3 Å². The molecule has 0 saturated carbocycles. The third-order valence-corrected chi connectivity index (χ3v) is 6.63. The number of carbonyl (C=O) groups excluding carboxylic acids is 2. The van der Waals surface area contributed by atoms with Crippen LogP contribution in [-0.4, -0.2) is 21.6 Å². The SMILES string of the molecule is Cn1cc(NC(=O)c2ccc(COc3ccc(C(C)(C)c4ccccc4)cc3)o2)c(C(=O)NCc2ccco2)n1. The Hall–Kier alpha value is -5.05. The summed E-state index contributed by atoms with van der Waals surface area (Å²) in [5, 5.41) is 9.60. The van der Waals surface area contributed by atoms with Gasteiger partial charge < -0.3 is 24.2 Å². The van der Waals surface area contributed by atoms with Gasteiger partial charge in [0, 0.05) is 18.7 Å². The van der Waals surface area contributed by atoms with Crippen molar-refractivity contribution in [2.24, 2.45) is 7.05 Å². The van der Waals surface area contributed by atoms with E-state index >= 15 is 0 Å². The van der Waals surface area contributed by atoms with Crippen molar-refractivity contribution >= 4 is 17.5 Å². The molecule has 0 bridgehead atoms. The Labute approximate surface area is 231 Å². The maximum atomic E-state index is 12.8. The first-order valence-corrected chi connectivity index (χ1v) is 12.8. The molecular formula is C31H30N4O5. The molecule has 0 aliphatic rings. The van der Waals surface area contributed by atoms with Crippen molar-refractivity contribution in [2.75, 3.05) is 5.32 Å². The fourth-order valence-electron chi connectivity index (χ4n) is 4.32. The number of hydrogen-bond donors (Lipinski definition) is 2. The van der Waals surface area contributed by atoms with Gasteiger partial charge in [-0.05, 0) is 47.5 Å². The van der Waals surface area contributed by atoms with E-state index in [2.05, 4.69) is 53.8 Å². The number of nitrogens with zero attached hydrogens (tertiary/aromatic N) is 2. The van der Waals surface area contributed by atoms with Crippen molar-refractivity contribution in [3.05, 3.63) is 125 Å². The van der Waals surface area contributed by atoms with Crippen LogP contribution in [0, 0.1) is 0 Å². The Kier molecular flexibility index (Phi) is 7.54. The Morgan fingerprint density at radius 3 is 2.38 bits per heavy atom. The van der Waals surface area contributed by atoms with E-state index in [9.17, 15) is 9.59 Å². The van der Waals surface area contributed by atoms with Crippen LogP contribution in [0.4, 0.5) is 5.69 Å². The highest BCUT2D eigenvalue weighted by molar-refractivity contribution is 6.07. The number of nitrogens with one attached hydrogen (secondary N) is 2. The molecule has 204 valence electrons. The van der Waals surface area contributed by atoms with Crippen LogP contribution in [0.3, 0.4) is 0 Å². The summed E-state index contributed by atoms with van der Waals surface area (Å²) >= 11 is 0. The molecule has 9 heteroatoms. The molecule has 0 saturated heterocycles. The van der Waals surface area contributed by atoms with Crippen LogP contribution < -0.4 is 15.4 Å². The van der Waals surface area contributed by atoms with Crippen LogP contribution in [0.25, 0.3) is 0 Å². The number of anilines is 1. The van der Waals surface area contributed by atoms with Gasteiger partial charge in [-0.2, -0.15) is 5.10 Å². The lowest BCUT2D eigenvalue weighted by Crippen LogP contribution is -2.25. The Balaban J connectivity index is 1.18. The van der Waals surface area contributed by atoms with E-state index < -0.39 is 11.8 Å². The minimum absolute atomic E-state index is 0.0800. The van der Waals surface area contributed by atoms with Crippen molar-refractivity contribution < 1.29 is 23.2 Å². The van der Waals surface area contributed by atoms with Crippen molar-refractivity contribution in [1.82, 2.24) is 15.1 Å². The number of hydrogen-bond acceptors (Lipinski definition) is 6. The lowest BCUT2D eigenvalue weighted by molar-refractivity contribution is 0.0943. The summed E-state index contributed by atoms with van der Waals surface area (Å²) in [6, 6.07) is 25.1. The van der Waals surface area contributed by atoms with Gasteiger partial charge >= 0.3 is 0 Å². The minimum atomic E-state index is -0.508. The molecular weight excluding hydrogens is 508 g/mol. The first kappa shape index (κ1) is 26.6. The Bertz CT molecular complexity index is 1580. The van der Waals surface area contributed by atoms with Crippen LogP contribution in [0.2, 0.25) is 0 Å². The summed E-state index contributed by atoms with van der Waals surface area (Å²) in [7, 11) is 1.66. The molecule has 3 aromatic heterocycles. The fraction of sp³-hybridized carbons (Fsp3) is 0.194. The molecule has 2 N–H and O–H groups in total. The van der Waals surface area contributed by atoms with Crippen LogP contribution in [0.15, 0.2) is 100 Å². The van der Waals surface area contributed by atoms with E-state index in [0.717, 1.165) is 0 Å². The first-order valence-electron chi connectivity index (χ1n) is 12.8. The molecule has 9 nitrogen and oxygen atoms in total. The monoisotopic (exact) mass is 538 g/mol. The molecule has 0 unspecified atom stereocenters. The van der Waals surface area contributed by atoms with Crippen LogP contribution in [-0.2, 0) is 25.6 Å². The predicted octanol–water partition coefficient (Wildman–Crippen LogP) is 5.69. The summed E-state index contributed by atoms with van der Waals surface area (Å²) in [5.74, 6) is 0.916. The summed E-state index contributed by atoms with van der Waals surface area (Å²) in [6.45, 7) is 4.73. The standard InChI is InChI=1S/C31H30N4O5/c1-31(2,21-8-5-4-6-9-21)22-11-13-23(14-12-22)39-20-25-15-16-27(40-25)29(36)33-26-19-35(3)34-28(26)30(37)32-18-24-10-7-17-38-24/h4-17,19H,18,20H2,1-3H3,(H,32,37)(H,33,36). The maximum Gasteiger partial charge on any atom is 0.291 e. The molecule has 3 heterocycles. The smallest absolute Gasteiger partial charge is 0.291 e. The largest absolute Gasteiger partial charge is 0.486 e. The van der Waals surface area contributed by atoms with E-state index in [1.165, 1.54) is 22.1 Å². The molecule has 0 fully saturated rings. The quantitative estimate of drug-likeness (QED) is 0.236. The molecule has 0 radical (unpaired) electrons. The topological polar surface area (TPSA) is 112 Å². The van der Waals surface area contributed by atoms with E-state index in [0.29, 0.717) is 17.3 Å². The van der Waals surface area contributed by atoms with Crippen molar-refractivity contribution in [2.45, 2.75) is 32.4 Å². The summed E-state index contributed by atoms with van der Waals surface area (Å²) in [4.78, 5) is 25.5. The zero-order valence-electron chi connectivity index (χ0n) is 22.5. The number of amides is 2. The zero-order chi connectivity index (χ0) is 28.1. The van der Waals surface area contributed by atoms with Gasteiger partial charge in [-0.3, -0.25) is 14.3 Å². The van der Waals surface area contributed by atoms with Gasteiger partial charge in [-0.15, -0.1) is 0 Å². The van der Waals surface area contributed by atoms with Gasteiger partial charge in [-0.25, -0.2) is 0 Å². The van der Waals surface area contributed by atoms with Crippen LogP contribution >= 0.6 is 0 Å². The third kappa shape index (κ3) is 5.99. The lowest BCUT2D eigenvalue weighted by Gasteiger charge is -2.26. The maximum absolute atomic E-state index is 12.8. The molecule has 5 aromatic rings. The lowest BCUT2D eigenvalue weighted by atomic mass is 9.78. The molecule has 5 rings (SSSR count). The molecule has 0 spiro atoms. The van der Waals surface area contributed by atoms with Gasteiger partial charge in [0.25, 0.3) is 11.8 Å². The summed E-state index contributed by atoms with van der Waals surface area (Å²) < 4.78 is 18.3.